The molecule has 2 heterocycles. The molecular weight excluding hydrogens is 434 g/mol. The van der Waals surface area contributed by atoms with Crippen molar-refractivity contribution in [2.75, 3.05) is 5.32 Å². The Morgan fingerprint density at radius 3 is 2.30 bits per heavy atom. The van der Waals surface area contributed by atoms with E-state index in [4.69, 9.17) is 0 Å². The summed E-state index contributed by atoms with van der Waals surface area (Å²) < 4.78 is 0. The van der Waals surface area contributed by atoms with E-state index in [-0.39, 0.29) is 28.9 Å². The van der Waals surface area contributed by atoms with E-state index >= 15 is 0 Å². The van der Waals surface area contributed by atoms with Gasteiger partial charge in [-0.3, -0.25) is 9.89 Å². The van der Waals surface area contributed by atoms with E-state index in [0.29, 0.717) is 18.8 Å². The van der Waals surface area contributed by atoms with Crippen LogP contribution in [0.15, 0.2) is 0 Å². The van der Waals surface area contributed by atoms with E-state index in [9.17, 15) is 14.7 Å². The largest absolute Gasteiger partial charge is 0.390 e. The molecule has 9 heteroatoms. The van der Waals surface area contributed by atoms with Gasteiger partial charge in [0.05, 0.1) is 31.5 Å². The zero-order valence-electron chi connectivity index (χ0n) is 21.8. The number of amides is 3. The van der Waals surface area contributed by atoms with Crippen molar-refractivity contribution in [2.24, 2.45) is 5.92 Å². The molecule has 186 valence electrons. The summed E-state index contributed by atoms with van der Waals surface area (Å²) in [6.45, 7) is 18.7. The summed E-state index contributed by atoms with van der Waals surface area (Å²) in [5.41, 5.74) is 0.255. The molecule has 3 rings (SSSR count). The minimum Gasteiger partial charge on any atom is -0.390 e. The van der Waals surface area contributed by atoms with Crippen molar-refractivity contribution in [3.63, 3.8) is 0 Å². The van der Waals surface area contributed by atoms with Crippen LogP contribution in [0.5, 0.6) is 0 Å². The van der Waals surface area contributed by atoms with E-state index in [1.807, 2.05) is 27.7 Å². The highest BCUT2D eigenvalue weighted by molar-refractivity contribution is 6.83. The van der Waals surface area contributed by atoms with Crippen molar-refractivity contribution < 1.29 is 14.7 Å². The van der Waals surface area contributed by atoms with Crippen molar-refractivity contribution in [1.29, 1.82) is 0 Å². The summed E-state index contributed by atoms with van der Waals surface area (Å²) in [4.78, 5) is 28.4. The molecule has 0 aromatic carbocycles. The van der Waals surface area contributed by atoms with Crippen LogP contribution in [0.2, 0.25) is 24.7 Å². The summed E-state index contributed by atoms with van der Waals surface area (Å²) in [6.07, 6.45) is 3.45. The molecule has 0 radical (unpaired) electrons. The number of aromatic nitrogens is 2. The van der Waals surface area contributed by atoms with E-state index < -0.39 is 19.2 Å². The number of aromatic amines is 1. The molecule has 0 spiro atoms. The second-order valence-corrected chi connectivity index (χ2v) is 18.0. The van der Waals surface area contributed by atoms with Gasteiger partial charge in [0.1, 0.15) is 0 Å². The van der Waals surface area contributed by atoms with Crippen LogP contribution in [0.3, 0.4) is 0 Å². The number of carbonyl (C=O) groups is 2. The van der Waals surface area contributed by atoms with Crippen molar-refractivity contribution in [2.45, 2.75) is 116 Å². The molecular formula is C24H43N5O3Si. The number of rotatable bonds is 7. The molecule has 2 aliphatic rings. The Hall–Kier alpha value is -1.87. The van der Waals surface area contributed by atoms with Crippen molar-refractivity contribution >= 4 is 25.8 Å². The molecule has 8 nitrogen and oxygen atoms in total. The van der Waals surface area contributed by atoms with Crippen LogP contribution >= 0.6 is 0 Å². The topological polar surface area (TPSA) is 110 Å². The molecule has 1 saturated carbocycles. The lowest BCUT2D eigenvalue weighted by Gasteiger charge is -2.48. The number of carbonyl (C=O) groups excluding carboxylic acids is 2. The monoisotopic (exact) mass is 477 g/mol. The van der Waals surface area contributed by atoms with Gasteiger partial charge in [-0.25, -0.2) is 4.79 Å². The lowest BCUT2D eigenvalue weighted by Crippen LogP contribution is -2.52. The molecule has 33 heavy (non-hydrogen) atoms. The molecule has 1 aromatic rings. The van der Waals surface area contributed by atoms with E-state index in [1.54, 1.807) is 18.7 Å². The number of urea groups is 1. The fourth-order valence-electron chi connectivity index (χ4n) is 5.25. The maximum absolute atomic E-state index is 13.3. The van der Waals surface area contributed by atoms with Gasteiger partial charge in [-0.2, -0.15) is 5.10 Å². The summed E-state index contributed by atoms with van der Waals surface area (Å²) in [5.74, 6) is 0.799. The summed E-state index contributed by atoms with van der Waals surface area (Å²) in [6, 6.07) is -0.331. The maximum atomic E-state index is 13.3. The second kappa shape index (κ2) is 8.41. The molecule has 1 aliphatic heterocycles. The van der Waals surface area contributed by atoms with Crippen molar-refractivity contribution in [3.05, 3.63) is 11.3 Å². The second-order valence-electron chi connectivity index (χ2n) is 12.5. The third-order valence-corrected chi connectivity index (χ3v) is 11.5. The highest BCUT2D eigenvalue weighted by Gasteiger charge is 2.54. The number of nitrogens with zero attached hydrogens (tertiary/aromatic N) is 2. The Morgan fingerprint density at radius 1 is 1.24 bits per heavy atom. The predicted octanol–water partition coefficient (Wildman–Crippen LogP) is 4.56. The predicted molar refractivity (Wildman–Crippen MR) is 134 cm³/mol. The fourth-order valence-corrected chi connectivity index (χ4v) is 7.85. The minimum atomic E-state index is -1.70. The summed E-state index contributed by atoms with van der Waals surface area (Å²) >= 11 is 0. The lowest BCUT2D eigenvalue weighted by atomic mass is 9.83. The van der Waals surface area contributed by atoms with Crippen LogP contribution in [0.4, 0.5) is 10.6 Å². The number of nitrogens with one attached hydrogen (secondary N) is 3. The first-order valence-electron chi connectivity index (χ1n) is 12.2. The molecule has 4 N–H and O–H groups in total. The number of aliphatic hydroxyl groups is 1. The van der Waals surface area contributed by atoms with Gasteiger partial charge in [-0.05, 0) is 52.9 Å². The molecule has 1 fully saturated rings. The Labute approximate surface area is 199 Å². The number of H-pyrrole nitrogens is 1. The third kappa shape index (κ3) is 4.71. The number of hydrogen-bond donors (Lipinski definition) is 4. The Morgan fingerprint density at radius 2 is 1.85 bits per heavy atom. The zero-order chi connectivity index (χ0) is 25.0. The van der Waals surface area contributed by atoms with Gasteiger partial charge in [0.15, 0.2) is 5.82 Å². The average molecular weight is 478 g/mol. The smallest absolute Gasteiger partial charge is 0.318 e. The van der Waals surface area contributed by atoms with Crippen molar-refractivity contribution in [3.8, 4) is 0 Å². The molecule has 0 saturated heterocycles. The van der Waals surface area contributed by atoms with Gasteiger partial charge in [0.25, 0.3) is 0 Å². The van der Waals surface area contributed by atoms with E-state index in [1.165, 1.54) is 0 Å². The first-order valence-corrected chi connectivity index (χ1v) is 15.7. The first-order chi connectivity index (χ1) is 15.0. The number of hydrogen-bond acceptors (Lipinski definition) is 4. The van der Waals surface area contributed by atoms with E-state index in [2.05, 4.69) is 40.5 Å². The van der Waals surface area contributed by atoms with Crippen LogP contribution < -0.4 is 10.6 Å². The number of fused-ring (bicyclic) bond motifs is 1. The average Bonchev–Trinajstić information content (AvgIpc) is 3.09. The summed E-state index contributed by atoms with van der Waals surface area (Å²) in [7, 11) is -1.70. The maximum Gasteiger partial charge on any atom is 0.318 e. The number of anilines is 1. The Kier molecular flexibility index (Phi) is 6.56. The van der Waals surface area contributed by atoms with Crippen LogP contribution in [0.25, 0.3) is 0 Å². The van der Waals surface area contributed by atoms with Crippen molar-refractivity contribution in [1.82, 2.24) is 20.4 Å². The highest BCUT2D eigenvalue weighted by atomic mass is 28.3. The molecule has 1 atom stereocenters. The molecule has 3 amide bonds. The molecule has 0 bridgehead atoms. The summed E-state index contributed by atoms with van der Waals surface area (Å²) in [5, 5.41) is 23.8. The Balaban J connectivity index is 1.78. The third-order valence-electron chi connectivity index (χ3n) is 7.86. The highest BCUT2D eigenvalue weighted by Crippen LogP contribution is 2.56. The van der Waals surface area contributed by atoms with Crippen LogP contribution in [-0.2, 0) is 16.9 Å². The van der Waals surface area contributed by atoms with Gasteiger partial charge in [-0.15, -0.1) is 0 Å². The van der Waals surface area contributed by atoms with Crippen LogP contribution in [-0.4, -0.2) is 51.9 Å². The minimum absolute atomic E-state index is 0.0768. The van der Waals surface area contributed by atoms with Gasteiger partial charge in [0, 0.05) is 16.6 Å². The zero-order valence-corrected chi connectivity index (χ0v) is 22.8. The van der Waals surface area contributed by atoms with Gasteiger partial charge >= 0.3 is 6.03 Å². The van der Waals surface area contributed by atoms with E-state index in [0.717, 1.165) is 30.5 Å². The SMILES string of the molecule is CC(C)C(CC(C)(C)O)NC(=O)N1Cc2c(NC(=O)C3([Si](C)(C)C)CCC3)n[nH]c2C1(C)C. The normalized spacial score (nSPS) is 20.3. The van der Waals surface area contributed by atoms with Crippen LogP contribution in [0.1, 0.15) is 78.5 Å². The molecule has 1 unspecified atom stereocenters. The fraction of sp³-hybridized carbons (Fsp3) is 0.792. The molecule has 1 aliphatic carbocycles. The van der Waals surface area contributed by atoms with Gasteiger partial charge in [0.2, 0.25) is 5.91 Å². The van der Waals surface area contributed by atoms with Crippen LogP contribution in [0, 0.1) is 5.92 Å². The quantitative estimate of drug-likeness (QED) is 0.432. The lowest BCUT2D eigenvalue weighted by molar-refractivity contribution is -0.121. The van der Waals surface area contributed by atoms with Gasteiger partial charge < -0.3 is 20.6 Å². The first kappa shape index (κ1) is 25.7. The van der Waals surface area contributed by atoms with Gasteiger partial charge in [-0.1, -0.05) is 39.9 Å². The standard InChI is InChI=1S/C24H43N5O3Si/c1-15(2)17(13-22(3,4)32)25-21(31)29-14-16-18(23(29,5)6)27-28-19(16)26-20(30)24(11-10-12-24)33(7,8)9/h15,17,32H,10-14H2,1-9H3,(H,25,31)(H2,26,27,28,30). The Bertz CT molecular complexity index is 906. The molecule has 1 aromatic heterocycles.